The summed E-state index contributed by atoms with van der Waals surface area (Å²) in [7, 11) is 3.99. The summed E-state index contributed by atoms with van der Waals surface area (Å²) < 4.78 is 41.7. The van der Waals surface area contributed by atoms with Gasteiger partial charge in [-0.3, -0.25) is 0 Å². The van der Waals surface area contributed by atoms with E-state index >= 15 is 0 Å². The van der Waals surface area contributed by atoms with E-state index in [1.807, 2.05) is 0 Å². The van der Waals surface area contributed by atoms with E-state index in [-0.39, 0.29) is 13.2 Å². The van der Waals surface area contributed by atoms with Crippen molar-refractivity contribution in [1.29, 1.82) is 0 Å². The number of carbonyl (C=O) groups excluding carboxylic acids is 1. The van der Waals surface area contributed by atoms with Crippen LogP contribution < -0.4 is 0 Å². The monoisotopic (exact) mass is 386 g/mol. The molecule has 0 saturated heterocycles. The van der Waals surface area contributed by atoms with Crippen molar-refractivity contribution in [3.8, 4) is 0 Å². The number of rotatable bonds is 14. The van der Waals surface area contributed by atoms with Crippen molar-refractivity contribution in [3.05, 3.63) is 0 Å². The zero-order valence-corrected chi connectivity index (χ0v) is 17.4. The van der Waals surface area contributed by atoms with Crippen molar-refractivity contribution in [2.75, 3.05) is 55.9 Å². The quantitative estimate of drug-likeness (QED) is 0.251. The minimum Gasteiger partial charge on any atom is -0.434 e. The SMILES string of the molecule is CO[Si](CCCOC(=O)OCCC[Si](OC)(OC)OC)(OC)OC. The number of ether oxygens (including phenoxy) is 2. The second-order valence-corrected chi connectivity index (χ2v) is 10.9. The summed E-state index contributed by atoms with van der Waals surface area (Å²) in [6.07, 6.45) is 0.405. The first-order valence-electron chi connectivity index (χ1n) is 7.57. The van der Waals surface area contributed by atoms with Gasteiger partial charge in [0.05, 0.1) is 13.2 Å². The predicted octanol–water partition coefficient (Wildman–Crippen LogP) is 1.68. The molecule has 0 amide bonds. The Kier molecular flexibility index (Phi) is 12.5. The van der Waals surface area contributed by atoms with Crippen LogP contribution >= 0.6 is 0 Å². The van der Waals surface area contributed by atoms with Gasteiger partial charge in [-0.05, 0) is 12.8 Å². The van der Waals surface area contributed by atoms with Gasteiger partial charge in [0.1, 0.15) is 0 Å². The molecule has 0 unspecified atom stereocenters. The van der Waals surface area contributed by atoms with Crippen LogP contribution in [0.25, 0.3) is 0 Å². The Labute approximate surface area is 146 Å². The summed E-state index contributed by atoms with van der Waals surface area (Å²) in [6, 6.07) is 1.10. The molecule has 0 fully saturated rings. The lowest BCUT2D eigenvalue weighted by atomic mass is 10.5. The summed E-state index contributed by atoms with van der Waals surface area (Å²) in [4.78, 5) is 11.5. The third kappa shape index (κ3) is 8.03. The van der Waals surface area contributed by atoms with Crippen molar-refractivity contribution < 1.29 is 40.8 Å². The first kappa shape index (κ1) is 23.5. The first-order valence-corrected chi connectivity index (χ1v) is 11.4. The molecule has 0 aliphatic heterocycles. The van der Waals surface area contributed by atoms with Crippen molar-refractivity contribution >= 4 is 23.8 Å². The van der Waals surface area contributed by atoms with Crippen LogP contribution in [0.15, 0.2) is 0 Å². The van der Waals surface area contributed by atoms with Crippen molar-refractivity contribution in [1.82, 2.24) is 0 Å². The van der Waals surface area contributed by atoms with Gasteiger partial charge >= 0.3 is 23.8 Å². The lowest BCUT2D eigenvalue weighted by Crippen LogP contribution is -2.43. The highest BCUT2D eigenvalue weighted by atomic mass is 28.4. The van der Waals surface area contributed by atoms with E-state index in [2.05, 4.69) is 0 Å². The molecule has 9 nitrogen and oxygen atoms in total. The Morgan fingerprint density at radius 1 is 0.625 bits per heavy atom. The smallest absolute Gasteiger partial charge is 0.434 e. The lowest BCUT2D eigenvalue weighted by Gasteiger charge is -2.24. The molecule has 0 bridgehead atoms. The minimum absolute atomic E-state index is 0.205. The van der Waals surface area contributed by atoms with E-state index < -0.39 is 23.8 Å². The highest BCUT2D eigenvalue weighted by Crippen LogP contribution is 2.16. The van der Waals surface area contributed by atoms with Gasteiger partial charge in [-0.15, -0.1) is 0 Å². The molecule has 0 N–H and O–H groups in total. The third-order valence-corrected chi connectivity index (χ3v) is 9.22. The molecule has 11 heteroatoms. The van der Waals surface area contributed by atoms with E-state index in [4.69, 9.17) is 36.0 Å². The molecule has 0 heterocycles. The second-order valence-electron chi connectivity index (χ2n) is 4.74. The van der Waals surface area contributed by atoms with Gasteiger partial charge in [0.15, 0.2) is 0 Å². The standard InChI is InChI=1S/C13H30O9Si2/c1-15-23(16-2,17-3)11-7-9-21-13(14)22-10-8-12-24(18-4,19-5)20-6/h7-12H2,1-6H3. The fourth-order valence-corrected chi connectivity index (χ4v) is 5.42. The Morgan fingerprint density at radius 2 is 0.917 bits per heavy atom. The predicted molar refractivity (Wildman–Crippen MR) is 89.7 cm³/mol. The van der Waals surface area contributed by atoms with Crippen LogP contribution in [0.3, 0.4) is 0 Å². The van der Waals surface area contributed by atoms with Crippen LogP contribution in [-0.4, -0.2) is 79.6 Å². The summed E-state index contributed by atoms with van der Waals surface area (Å²) in [5.41, 5.74) is 0. The minimum atomic E-state index is -2.62. The molecule has 0 radical (unpaired) electrons. The van der Waals surface area contributed by atoms with Crippen molar-refractivity contribution in [3.63, 3.8) is 0 Å². The zero-order chi connectivity index (χ0) is 18.5. The van der Waals surface area contributed by atoms with Gasteiger partial charge in [0.25, 0.3) is 0 Å². The maximum Gasteiger partial charge on any atom is 0.508 e. The van der Waals surface area contributed by atoms with E-state index in [1.165, 1.54) is 42.7 Å². The first-order chi connectivity index (χ1) is 11.5. The Balaban J connectivity index is 3.88. The molecular formula is C13H30O9Si2. The van der Waals surface area contributed by atoms with Crippen LogP contribution in [0, 0.1) is 0 Å². The van der Waals surface area contributed by atoms with E-state index in [1.54, 1.807) is 0 Å². The fourth-order valence-electron chi connectivity index (χ4n) is 2.04. The molecule has 0 rings (SSSR count). The normalized spacial score (nSPS) is 12.2. The second kappa shape index (κ2) is 12.8. The van der Waals surface area contributed by atoms with Gasteiger partial charge in [-0.25, -0.2) is 4.79 Å². The highest BCUT2D eigenvalue weighted by Gasteiger charge is 2.37. The topological polar surface area (TPSA) is 90.9 Å². The van der Waals surface area contributed by atoms with E-state index in [0.717, 1.165) is 0 Å². The Bertz CT molecular complexity index is 289. The molecule has 144 valence electrons. The Morgan fingerprint density at radius 3 is 1.17 bits per heavy atom. The summed E-state index contributed by atoms with van der Waals surface area (Å²) in [6.45, 7) is 0.410. The molecular weight excluding hydrogens is 356 g/mol. The van der Waals surface area contributed by atoms with E-state index in [0.29, 0.717) is 24.9 Å². The lowest BCUT2D eigenvalue weighted by molar-refractivity contribution is 0.0514. The van der Waals surface area contributed by atoms with Gasteiger partial charge < -0.3 is 36.0 Å². The number of hydrogen-bond donors (Lipinski definition) is 0. The van der Waals surface area contributed by atoms with Gasteiger partial charge in [-0.1, -0.05) is 0 Å². The number of carbonyl (C=O) groups is 1. The zero-order valence-electron chi connectivity index (χ0n) is 15.4. The largest absolute Gasteiger partial charge is 0.508 e. The number of hydrogen-bond acceptors (Lipinski definition) is 9. The summed E-state index contributed by atoms with van der Waals surface area (Å²) >= 11 is 0. The molecule has 0 spiro atoms. The molecule has 0 aromatic rings. The fraction of sp³-hybridized carbons (Fsp3) is 0.923. The average molecular weight is 387 g/mol. The van der Waals surface area contributed by atoms with Crippen LogP contribution in [0.1, 0.15) is 12.8 Å². The third-order valence-electron chi connectivity index (χ3n) is 3.56. The van der Waals surface area contributed by atoms with Crippen LogP contribution in [0.4, 0.5) is 4.79 Å². The maximum atomic E-state index is 11.5. The molecule has 0 aromatic carbocycles. The van der Waals surface area contributed by atoms with Crippen LogP contribution in [-0.2, 0) is 36.0 Å². The molecule has 0 aromatic heterocycles. The van der Waals surface area contributed by atoms with Gasteiger partial charge in [0.2, 0.25) is 0 Å². The van der Waals surface area contributed by atoms with Crippen LogP contribution in [0.2, 0.25) is 12.1 Å². The van der Waals surface area contributed by atoms with Gasteiger partial charge in [0, 0.05) is 54.7 Å². The molecule has 0 atom stereocenters. The Hall–Kier alpha value is -0.536. The molecule has 0 aliphatic carbocycles. The molecule has 0 aliphatic rings. The van der Waals surface area contributed by atoms with Crippen molar-refractivity contribution in [2.24, 2.45) is 0 Å². The summed E-state index contributed by atoms with van der Waals surface area (Å²) in [5.74, 6) is 0. The maximum absolute atomic E-state index is 11.5. The van der Waals surface area contributed by atoms with E-state index in [9.17, 15) is 4.79 Å². The highest BCUT2D eigenvalue weighted by molar-refractivity contribution is 6.60. The van der Waals surface area contributed by atoms with Crippen molar-refractivity contribution in [2.45, 2.75) is 24.9 Å². The average Bonchev–Trinajstić information content (AvgIpc) is 2.63. The van der Waals surface area contributed by atoms with Gasteiger partial charge in [-0.2, -0.15) is 0 Å². The van der Waals surface area contributed by atoms with Crippen LogP contribution in [0.5, 0.6) is 0 Å². The molecule has 0 saturated carbocycles. The molecule has 24 heavy (non-hydrogen) atoms. The summed E-state index contributed by atoms with van der Waals surface area (Å²) in [5, 5.41) is 0.